The van der Waals surface area contributed by atoms with Crippen LogP contribution < -0.4 is 4.74 Å². The Balaban J connectivity index is 1.65. The Kier molecular flexibility index (Phi) is 7.57. The second-order valence-corrected chi connectivity index (χ2v) is 6.06. The Morgan fingerprint density at radius 1 is 1.38 bits per heavy atom. The number of carbonyl (C=O) groups excluding carboxylic acids is 1. The molecule has 2 rings (SSSR count). The molecule has 130 valence electrons. The summed E-state index contributed by atoms with van der Waals surface area (Å²) in [6, 6.07) is 9.44. The molecule has 0 aromatic heterocycles. The fourth-order valence-electron chi connectivity index (χ4n) is 3.02. The van der Waals surface area contributed by atoms with E-state index in [1.54, 1.807) is 6.07 Å². The van der Waals surface area contributed by atoms with Gasteiger partial charge in [-0.25, -0.2) is 0 Å². The number of carbonyl (C=O) groups is 1. The van der Waals surface area contributed by atoms with Crippen LogP contribution in [0.15, 0.2) is 24.3 Å². The van der Waals surface area contributed by atoms with E-state index in [0.29, 0.717) is 24.5 Å². The van der Waals surface area contributed by atoms with Gasteiger partial charge in [-0.1, -0.05) is 12.1 Å². The van der Waals surface area contributed by atoms with E-state index in [1.165, 1.54) is 0 Å². The van der Waals surface area contributed by atoms with Crippen molar-refractivity contribution in [3.63, 3.8) is 0 Å². The highest BCUT2D eigenvalue weighted by Gasteiger charge is 2.26. The predicted octanol–water partition coefficient (Wildman–Crippen LogP) is 2.99. The number of esters is 1. The summed E-state index contributed by atoms with van der Waals surface area (Å²) in [5.74, 6) is 0.622. The molecule has 5 heteroatoms. The average Bonchev–Trinajstić information content (AvgIpc) is 2.62. The van der Waals surface area contributed by atoms with Gasteiger partial charge in [0.2, 0.25) is 0 Å². The summed E-state index contributed by atoms with van der Waals surface area (Å²) >= 11 is 0. The van der Waals surface area contributed by atoms with E-state index in [-0.39, 0.29) is 11.9 Å². The van der Waals surface area contributed by atoms with E-state index in [0.717, 1.165) is 45.3 Å². The molecule has 0 bridgehead atoms. The lowest BCUT2D eigenvalue weighted by atomic mass is 9.98. The van der Waals surface area contributed by atoms with Gasteiger partial charge in [-0.05, 0) is 57.8 Å². The molecule has 5 nitrogen and oxygen atoms in total. The van der Waals surface area contributed by atoms with Crippen LogP contribution in [0.4, 0.5) is 0 Å². The maximum absolute atomic E-state index is 11.8. The molecule has 0 N–H and O–H groups in total. The second-order valence-electron chi connectivity index (χ2n) is 6.06. The number of benzene rings is 1. The lowest BCUT2D eigenvalue weighted by molar-refractivity contribution is -0.149. The number of hydrogen-bond acceptors (Lipinski definition) is 5. The standard InChI is InChI=1S/C19H26N2O3/c1-2-23-19(22)17-9-7-12-21(15-17)11-5-6-13-24-18-10-4-3-8-16(18)14-20/h3-4,8,10,17H,2,5-7,9,11-13,15H2,1H3. The van der Waals surface area contributed by atoms with Crippen LogP contribution in [-0.4, -0.2) is 43.7 Å². The number of hydrogen-bond donors (Lipinski definition) is 0. The highest BCUT2D eigenvalue weighted by molar-refractivity contribution is 5.72. The topological polar surface area (TPSA) is 62.6 Å². The summed E-state index contributed by atoms with van der Waals surface area (Å²) < 4.78 is 10.8. The minimum absolute atomic E-state index is 0.0254. The first-order chi connectivity index (χ1) is 11.7. The van der Waals surface area contributed by atoms with Crippen molar-refractivity contribution in [2.24, 2.45) is 5.92 Å². The zero-order chi connectivity index (χ0) is 17.2. The van der Waals surface area contributed by atoms with Crippen molar-refractivity contribution in [2.45, 2.75) is 32.6 Å². The van der Waals surface area contributed by atoms with Crippen molar-refractivity contribution in [3.8, 4) is 11.8 Å². The average molecular weight is 330 g/mol. The van der Waals surface area contributed by atoms with Gasteiger partial charge in [0.1, 0.15) is 11.8 Å². The molecule has 1 aliphatic rings. The Morgan fingerprint density at radius 3 is 3.00 bits per heavy atom. The van der Waals surface area contributed by atoms with Gasteiger partial charge in [-0.2, -0.15) is 5.26 Å². The van der Waals surface area contributed by atoms with E-state index >= 15 is 0 Å². The molecule has 0 saturated carbocycles. The first kappa shape index (κ1) is 18.3. The maximum atomic E-state index is 11.8. The first-order valence-electron chi connectivity index (χ1n) is 8.75. The molecular weight excluding hydrogens is 304 g/mol. The number of piperidine rings is 1. The van der Waals surface area contributed by atoms with Crippen LogP contribution in [-0.2, 0) is 9.53 Å². The molecule has 0 spiro atoms. The Bertz CT molecular complexity index is 568. The number of ether oxygens (including phenoxy) is 2. The summed E-state index contributed by atoms with van der Waals surface area (Å²) in [7, 11) is 0. The van der Waals surface area contributed by atoms with Crippen LogP contribution in [0.1, 0.15) is 38.2 Å². The van der Waals surface area contributed by atoms with Gasteiger partial charge in [0.15, 0.2) is 0 Å². The quantitative estimate of drug-likeness (QED) is 0.541. The van der Waals surface area contributed by atoms with Gasteiger partial charge in [0, 0.05) is 6.54 Å². The van der Waals surface area contributed by atoms with Gasteiger partial charge in [0.05, 0.1) is 24.7 Å². The third-order valence-corrected chi connectivity index (χ3v) is 4.26. The van der Waals surface area contributed by atoms with Gasteiger partial charge in [0.25, 0.3) is 0 Å². The molecule has 24 heavy (non-hydrogen) atoms. The van der Waals surface area contributed by atoms with Crippen LogP contribution >= 0.6 is 0 Å². The van der Waals surface area contributed by atoms with Crippen molar-refractivity contribution in [1.82, 2.24) is 4.90 Å². The molecule has 1 aliphatic heterocycles. The highest BCUT2D eigenvalue weighted by Crippen LogP contribution is 2.19. The second kappa shape index (κ2) is 9.94. The zero-order valence-electron chi connectivity index (χ0n) is 14.4. The molecule has 1 atom stereocenters. The van der Waals surface area contributed by atoms with Crippen LogP contribution in [0.3, 0.4) is 0 Å². The monoisotopic (exact) mass is 330 g/mol. The van der Waals surface area contributed by atoms with Crippen molar-refractivity contribution in [1.29, 1.82) is 5.26 Å². The van der Waals surface area contributed by atoms with E-state index in [2.05, 4.69) is 11.0 Å². The molecule has 1 unspecified atom stereocenters. The molecule has 1 aromatic rings. The summed E-state index contributed by atoms with van der Waals surface area (Å²) in [4.78, 5) is 14.2. The number of para-hydroxylation sites is 1. The lowest BCUT2D eigenvalue weighted by Crippen LogP contribution is -2.39. The highest BCUT2D eigenvalue weighted by atomic mass is 16.5. The third kappa shape index (κ3) is 5.54. The molecular formula is C19H26N2O3. The molecule has 0 radical (unpaired) electrons. The number of nitriles is 1. The maximum Gasteiger partial charge on any atom is 0.310 e. The van der Waals surface area contributed by atoms with Gasteiger partial charge < -0.3 is 14.4 Å². The summed E-state index contributed by atoms with van der Waals surface area (Å²) in [6.07, 6.45) is 3.93. The smallest absolute Gasteiger partial charge is 0.310 e. The van der Waals surface area contributed by atoms with E-state index in [1.807, 2.05) is 25.1 Å². The van der Waals surface area contributed by atoms with Crippen molar-refractivity contribution < 1.29 is 14.3 Å². The van der Waals surface area contributed by atoms with Crippen molar-refractivity contribution in [2.75, 3.05) is 32.8 Å². The minimum Gasteiger partial charge on any atom is -0.492 e. The van der Waals surface area contributed by atoms with Crippen LogP contribution in [0.2, 0.25) is 0 Å². The molecule has 0 amide bonds. The first-order valence-corrected chi connectivity index (χ1v) is 8.75. The van der Waals surface area contributed by atoms with Crippen molar-refractivity contribution >= 4 is 5.97 Å². The van der Waals surface area contributed by atoms with Gasteiger partial charge in [-0.3, -0.25) is 4.79 Å². The van der Waals surface area contributed by atoms with E-state index < -0.39 is 0 Å². The Labute approximate surface area is 144 Å². The fourth-order valence-corrected chi connectivity index (χ4v) is 3.02. The Hall–Kier alpha value is -2.06. The largest absolute Gasteiger partial charge is 0.492 e. The lowest BCUT2D eigenvalue weighted by Gasteiger charge is -2.31. The zero-order valence-corrected chi connectivity index (χ0v) is 14.4. The summed E-state index contributed by atoms with van der Waals surface area (Å²) in [5.41, 5.74) is 0.575. The number of likely N-dealkylation sites (tertiary alicyclic amines) is 1. The number of nitrogens with zero attached hydrogens (tertiary/aromatic N) is 2. The molecule has 0 aliphatic carbocycles. The number of unbranched alkanes of at least 4 members (excludes halogenated alkanes) is 1. The van der Waals surface area contributed by atoms with E-state index in [4.69, 9.17) is 14.7 Å². The third-order valence-electron chi connectivity index (χ3n) is 4.26. The fraction of sp³-hybridized carbons (Fsp3) is 0.579. The van der Waals surface area contributed by atoms with E-state index in [9.17, 15) is 4.79 Å². The predicted molar refractivity (Wildman–Crippen MR) is 91.7 cm³/mol. The van der Waals surface area contributed by atoms with Crippen LogP contribution in [0, 0.1) is 17.2 Å². The summed E-state index contributed by atoms with van der Waals surface area (Å²) in [6.45, 7) is 5.73. The Morgan fingerprint density at radius 2 is 2.21 bits per heavy atom. The molecule has 1 saturated heterocycles. The molecule has 1 aromatic carbocycles. The minimum atomic E-state index is -0.0568. The normalized spacial score (nSPS) is 17.9. The SMILES string of the molecule is CCOC(=O)C1CCCN(CCCCOc2ccccc2C#N)C1. The van der Waals surface area contributed by atoms with Crippen LogP contribution in [0.25, 0.3) is 0 Å². The summed E-state index contributed by atoms with van der Waals surface area (Å²) in [5, 5.41) is 9.02. The molecule has 1 heterocycles. The van der Waals surface area contributed by atoms with Crippen LogP contribution in [0.5, 0.6) is 5.75 Å². The van der Waals surface area contributed by atoms with Gasteiger partial charge >= 0.3 is 5.97 Å². The van der Waals surface area contributed by atoms with Crippen molar-refractivity contribution in [3.05, 3.63) is 29.8 Å². The van der Waals surface area contributed by atoms with Gasteiger partial charge in [-0.15, -0.1) is 0 Å². The number of rotatable bonds is 8. The molecule has 1 fully saturated rings.